The Morgan fingerprint density at radius 3 is 2.38 bits per heavy atom. The normalized spacial score (nSPS) is 19.1. The number of allylic oxidation sites excluding steroid dienone is 1. The highest BCUT2D eigenvalue weighted by Crippen LogP contribution is 2.32. The zero-order valence-corrected chi connectivity index (χ0v) is 31.7. The van der Waals surface area contributed by atoms with Crippen LogP contribution >= 0.6 is 0 Å². The van der Waals surface area contributed by atoms with E-state index in [9.17, 15) is 29.4 Å². The van der Waals surface area contributed by atoms with E-state index in [2.05, 4.69) is 5.32 Å². The molecule has 55 heavy (non-hydrogen) atoms. The van der Waals surface area contributed by atoms with Gasteiger partial charge in [0.1, 0.15) is 42.5 Å². The summed E-state index contributed by atoms with van der Waals surface area (Å²) >= 11 is 0. The van der Waals surface area contributed by atoms with Crippen molar-refractivity contribution in [2.75, 3.05) is 20.4 Å². The van der Waals surface area contributed by atoms with Crippen LogP contribution in [0.5, 0.6) is 5.75 Å². The molecule has 3 aromatic carbocycles. The van der Waals surface area contributed by atoms with Crippen molar-refractivity contribution in [1.29, 1.82) is 0 Å². The van der Waals surface area contributed by atoms with Crippen molar-refractivity contribution >= 4 is 29.8 Å². The average molecular weight is 755 g/mol. The number of carbonyl (C=O) groups excluding carboxylic acids is 4. The maximum absolute atomic E-state index is 14.2. The molecule has 2 aliphatic rings. The second-order valence-corrected chi connectivity index (χ2v) is 14.7. The minimum Gasteiger partial charge on any atom is -0.508 e. The monoisotopic (exact) mass is 754 g/mol. The largest absolute Gasteiger partial charge is 0.508 e. The molecular formula is C43H50N2O10. The summed E-state index contributed by atoms with van der Waals surface area (Å²) in [4.78, 5) is 55.1. The molecule has 5 rings (SSSR count). The summed E-state index contributed by atoms with van der Waals surface area (Å²) in [6.45, 7) is 4.83. The van der Waals surface area contributed by atoms with Gasteiger partial charge in [0.25, 0.3) is 0 Å². The lowest BCUT2D eigenvalue weighted by atomic mass is 9.90. The zero-order valence-electron chi connectivity index (χ0n) is 31.7. The number of fused-ring (bicyclic) bond motifs is 1. The standard InChI is InChI=1S/C43H50N2O10/c1-43(2,3)55-38(48)22-21-33(26-46)44-40(49)34(23-29-11-6-5-7-12-29)45(4)41(50)32-24-36-39(53-27-52-36)37(25-32)54-42(51)31-19-17-28(18-20-31)13-10-15-30-14-8-9-16-35(30)47/h5-14,16-20,24,33-34,36-37,39,46-47H,15,21-23,25-27H2,1-4H3,(H,44,49)/t33-,34+,36+,37+,39+/m0/s1. The number of aliphatic hydroxyl groups excluding tert-OH is 1. The number of likely N-dealkylation sites (N-methyl/N-ethyl adjacent to an activating group) is 1. The number of phenolic OH excluding ortho intramolecular Hbond substituents is 1. The summed E-state index contributed by atoms with van der Waals surface area (Å²) in [5.41, 5.74) is 2.42. The van der Waals surface area contributed by atoms with Crippen LogP contribution in [-0.2, 0) is 46.2 Å². The van der Waals surface area contributed by atoms with Gasteiger partial charge >= 0.3 is 11.9 Å². The fourth-order valence-electron chi connectivity index (χ4n) is 6.46. The molecule has 0 bridgehead atoms. The fraction of sp³-hybridized carbons (Fsp3) is 0.395. The Hall–Kier alpha value is -5.30. The van der Waals surface area contributed by atoms with E-state index in [1.807, 2.05) is 54.6 Å². The highest BCUT2D eigenvalue weighted by atomic mass is 16.7. The van der Waals surface area contributed by atoms with Crippen LogP contribution in [0.2, 0.25) is 0 Å². The number of hydrogen-bond donors (Lipinski definition) is 3. The molecule has 0 spiro atoms. The first-order valence-corrected chi connectivity index (χ1v) is 18.4. The lowest BCUT2D eigenvalue weighted by Gasteiger charge is -2.34. The average Bonchev–Trinajstić information content (AvgIpc) is 3.65. The van der Waals surface area contributed by atoms with E-state index in [0.29, 0.717) is 17.6 Å². The highest BCUT2D eigenvalue weighted by molar-refractivity contribution is 5.97. The number of amides is 2. The number of esters is 2. The molecule has 0 saturated carbocycles. The molecule has 12 heteroatoms. The Labute approximate surface area is 321 Å². The van der Waals surface area contributed by atoms with Gasteiger partial charge in [-0.15, -0.1) is 0 Å². The number of ether oxygens (including phenoxy) is 4. The van der Waals surface area contributed by atoms with Crippen molar-refractivity contribution in [3.63, 3.8) is 0 Å². The number of carbonyl (C=O) groups is 4. The van der Waals surface area contributed by atoms with Crippen molar-refractivity contribution in [3.8, 4) is 5.75 Å². The van der Waals surface area contributed by atoms with Gasteiger partial charge in [0, 0.05) is 31.9 Å². The topological polar surface area (TPSA) is 161 Å². The van der Waals surface area contributed by atoms with Crippen molar-refractivity contribution in [3.05, 3.63) is 119 Å². The summed E-state index contributed by atoms with van der Waals surface area (Å²) in [6.07, 6.45) is 4.25. The maximum Gasteiger partial charge on any atom is 0.338 e. The summed E-state index contributed by atoms with van der Waals surface area (Å²) in [7, 11) is 1.53. The molecule has 0 unspecified atom stereocenters. The summed E-state index contributed by atoms with van der Waals surface area (Å²) < 4.78 is 22.8. The molecule has 2 amide bonds. The molecule has 3 N–H and O–H groups in total. The molecule has 3 aromatic rings. The van der Waals surface area contributed by atoms with Crippen LogP contribution in [-0.4, -0.2) is 95.3 Å². The maximum atomic E-state index is 14.2. The van der Waals surface area contributed by atoms with E-state index < -0.39 is 66.4 Å². The van der Waals surface area contributed by atoms with Gasteiger partial charge in [0.05, 0.1) is 18.2 Å². The number of hydrogen-bond acceptors (Lipinski definition) is 10. The van der Waals surface area contributed by atoms with Crippen molar-refractivity contribution in [2.24, 2.45) is 0 Å². The van der Waals surface area contributed by atoms with Gasteiger partial charge in [0.2, 0.25) is 11.8 Å². The van der Waals surface area contributed by atoms with Crippen molar-refractivity contribution in [1.82, 2.24) is 10.2 Å². The molecule has 1 aliphatic carbocycles. The first-order chi connectivity index (χ1) is 26.3. The predicted molar refractivity (Wildman–Crippen MR) is 205 cm³/mol. The molecule has 5 atom stereocenters. The SMILES string of the molecule is CN(C(=O)C1=C[C@H]2OCO[C@H]2[C@H](OC(=O)c2ccc(C=CCc3ccccc3O)cc2)C1)[C@H](Cc1ccccc1)C(=O)N[C@H](CO)CCC(=O)OC(C)(C)C. The van der Waals surface area contributed by atoms with Crippen LogP contribution in [0.3, 0.4) is 0 Å². The van der Waals surface area contributed by atoms with Crippen LogP contribution in [0.1, 0.15) is 67.1 Å². The van der Waals surface area contributed by atoms with E-state index in [1.54, 1.807) is 63.2 Å². The quantitative estimate of drug-likeness (QED) is 0.182. The fourth-order valence-corrected chi connectivity index (χ4v) is 6.46. The summed E-state index contributed by atoms with van der Waals surface area (Å²) in [5.74, 6) is -1.77. The first-order valence-electron chi connectivity index (χ1n) is 18.4. The Morgan fingerprint density at radius 1 is 0.982 bits per heavy atom. The van der Waals surface area contributed by atoms with Crippen LogP contribution in [0, 0.1) is 0 Å². The molecule has 12 nitrogen and oxygen atoms in total. The second-order valence-electron chi connectivity index (χ2n) is 14.7. The Kier molecular flexibility index (Phi) is 14.0. The van der Waals surface area contributed by atoms with Crippen LogP contribution < -0.4 is 5.32 Å². The number of nitrogens with zero attached hydrogens (tertiary/aromatic N) is 1. The van der Waals surface area contributed by atoms with Crippen molar-refractivity contribution in [2.45, 2.75) is 88.9 Å². The lowest BCUT2D eigenvalue weighted by Crippen LogP contribution is -2.53. The van der Waals surface area contributed by atoms with Crippen LogP contribution in [0.25, 0.3) is 6.08 Å². The summed E-state index contributed by atoms with van der Waals surface area (Å²) in [5, 5.41) is 22.9. The van der Waals surface area contributed by atoms with Gasteiger partial charge in [-0.3, -0.25) is 14.4 Å². The smallest absolute Gasteiger partial charge is 0.338 e. The predicted octanol–water partition coefficient (Wildman–Crippen LogP) is 4.91. The minimum absolute atomic E-state index is 0.0133. The molecule has 0 radical (unpaired) electrons. The third-order valence-corrected chi connectivity index (χ3v) is 9.36. The molecular weight excluding hydrogens is 704 g/mol. The van der Waals surface area contributed by atoms with Gasteiger partial charge in [-0.25, -0.2) is 4.79 Å². The van der Waals surface area contributed by atoms with E-state index in [1.165, 1.54) is 11.9 Å². The van der Waals surface area contributed by atoms with Crippen LogP contribution in [0.15, 0.2) is 96.6 Å². The minimum atomic E-state index is -0.989. The third kappa shape index (κ3) is 11.6. The van der Waals surface area contributed by atoms with E-state index >= 15 is 0 Å². The number of benzene rings is 3. The lowest BCUT2D eigenvalue weighted by molar-refractivity contribution is -0.155. The Balaban J connectivity index is 1.25. The van der Waals surface area contributed by atoms with Gasteiger partial charge in [-0.2, -0.15) is 0 Å². The van der Waals surface area contributed by atoms with Gasteiger partial charge in [-0.1, -0.05) is 72.8 Å². The first kappa shape index (κ1) is 40.9. The molecule has 1 aliphatic heterocycles. The number of aromatic hydroxyl groups is 1. The van der Waals surface area contributed by atoms with E-state index in [0.717, 1.165) is 16.7 Å². The zero-order chi connectivity index (χ0) is 39.5. The number of para-hydroxylation sites is 1. The molecule has 0 aromatic heterocycles. The number of phenols is 1. The van der Waals surface area contributed by atoms with E-state index in [-0.39, 0.29) is 38.2 Å². The van der Waals surface area contributed by atoms with Crippen molar-refractivity contribution < 1.29 is 48.3 Å². The number of aliphatic hydroxyl groups is 1. The molecule has 1 heterocycles. The third-order valence-electron chi connectivity index (χ3n) is 9.36. The van der Waals surface area contributed by atoms with E-state index in [4.69, 9.17) is 18.9 Å². The molecule has 1 fully saturated rings. The van der Waals surface area contributed by atoms with Gasteiger partial charge in [0.15, 0.2) is 0 Å². The molecule has 1 saturated heterocycles. The number of rotatable bonds is 15. The Morgan fingerprint density at radius 2 is 1.69 bits per heavy atom. The van der Waals surface area contributed by atoms with Crippen LogP contribution in [0.4, 0.5) is 0 Å². The molecule has 292 valence electrons. The highest BCUT2D eigenvalue weighted by Gasteiger charge is 2.44. The Bertz CT molecular complexity index is 1850. The van der Waals surface area contributed by atoms with Gasteiger partial charge < -0.3 is 39.4 Å². The summed E-state index contributed by atoms with van der Waals surface area (Å²) in [6, 6.07) is 21.5. The second kappa shape index (κ2) is 18.8. The van der Waals surface area contributed by atoms with Gasteiger partial charge in [-0.05, 0) is 74.6 Å². The number of nitrogens with one attached hydrogen (secondary N) is 1.